The fourth-order valence-electron chi connectivity index (χ4n) is 4.08. The van der Waals surface area contributed by atoms with Gasteiger partial charge in [0.15, 0.2) is 9.84 Å². The molecule has 0 bridgehead atoms. The van der Waals surface area contributed by atoms with Crippen LogP contribution < -0.4 is 0 Å². The Hall–Kier alpha value is -1.90. The Morgan fingerprint density at radius 2 is 2.19 bits per heavy atom. The van der Waals surface area contributed by atoms with E-state index in [2.05, 4.69) is 9.88 Å². The van der Waals surface area contributed by atoms with Crippen LogP contribution in [0, 0.1) is 12.7 Å². The molecular formula is C19H22FN3O3S. The van der Waals surface area contributed by atoms with Gasteiger partial charge in [0.25, 0.3) is 0 Å². The summed E-state index contributed by atoms with van der Waals surface area (Å²) in [6, 6.07) is 4.31. The van der Waals surface area contributed by atoms with Crippen molar-refractivity contribution in [3.63, 3.8) is 0 Å². The van der Waals surface area contributed by atoms with Gasteiger partial charge in [-0.1, -0.05) is 6.07 Å². The van der Waals surface area contributed by atoms with Gasteiger partial charge in [-0.25, -0.2) is 22.8 Å². The second-order valence-corrected chi connectivity index (χ2v) is 9.55. The van der Waals surface area contributed by atoms with Gasteiger partial charge in [0, 0.05) is 31.1 Å². The molecule has 2 aromatic rings. The average Bonchev–Trinajstić information content (AvgIpc) is 3.00. The number of benzene rings is 1. The molecule has 6 nitrogen and oxygen atoms in total. The first-order chi connectivity index (χ1) is 12.8. The van der Waals surface area contributed by atoms with Crippen LogP contribution in [0.4, 0.5) is 4.39 Å². The van der Waals surface area contributed by atoms with Crippen molar-refractivity contribution in [2.75, 3.05) is 26.0 Å². The normalized spacial score (nSPS) is 22.9. The van der Waals surface area contributed by atoms with Crippen molar-refractivity contribution in [3.8, 4) is 0 Å². The lowest BCUT2D eigenvalue weighted by atomic mass is 9.80. The monoisotopic (exact) mass is 391 g/mol. The highest BCUT2D eigenvalue weighted by Gasteiger charge is 2.44. The molecule has 1 aromatic heterocycles. The van der Waals surface area contributed by atoms with E-state index < -0.39 is 15.7 Å². The number of halogens is 1. The first-order valence-corrected chi connectivity index (χ1v) is 10.8. The molecule has 0 radical (unpaired) electrons. The summed E-state index contributed by atoms with van der Waals surface area (Å²) < 4.78 is 43.2. The number of hydrogen-bond acceptors (Lipinski definition) is 6. The van der Waals surface area contributed by atoms with Crippen LogP contribution in [0.15, 0.2) is 29.3 Å². The van der Waals surface area contributed by atoms with E-state index >= 15 is 0 Å². The predicted molar refractivity (Wildman–Crippen MR) is 97.5 cm³/mol. The molecule has 1 fully saturated rings. The predicted octanol–water partition coefficient (Wildman–Crippen LogP) is 2.00. The van der Waals surface area contributed by atoms with Crippen molar-refractivity contribution in [1.29, 1.82) is 0 Å². The lowest BCUT2D eigenvalue weighted by molar-refractivity contribution is 0.0500. The molecule has 0 N–H and O–H groups in total. The third-order valence-corrected chi connectivity index (χ3v) is 6.47. The molecular weight excluding hydrogens is 369 g/mol. The smallest absolute Gasteiger partial charge is 0.178 e. The molecule has 8 heteroatoms. The van der Waals surface area contributed by atoms with E-state index in [1.54, 1.807) is 6.07 Å². The van der Waals surface area contributed by atoms with Gasteiger partial charge in [-0.05, 0) is 37.6 Å². The maximum Gasteiger partial charge on any atom is 0.178 e. The molecule has 1 aromatic carbocycles. The highest BCUT2D eigenvalue weighted by Crippen LogP contribution is 2.39. The third-order valence-electron chi connectivity index (χ3n) is 5.36. The number of aromatic nitrogens is 2. The van der Waals surface area contributed by atoms with Gasteiger partial charge in [-0.2, -0.15) is 0 Å². The van der Waals surface area contributed by atoms with E-state index in [9.17, 15) is 12.8 Å². The van der Waals surface area contributed by atoms with Crippen LogP contribution in [0.25, 0.3) is 0 Å². The van der Waals surface area contributed by atoms with Crippen LogP contribution in [-0.2, 0) is 33.1 Å². The van der Waals surface area contributed by atoms with E-state index in [1.807, 2.05) is 13.1 Å². The van der Waals surface area contributed by atoms with Gasteiger partial charge >= 0.3 is 0 Å². The van der Waals surface area contributed by atoms with Gasteiger partial charge in [0.1, 0.15) is 16.5 Å². The van der Waals surface area contributed by atoms with Crippen molar-refractivity contribution in [1.82, 2.24) is 14.9 Å². The summed E-state index contributed by atoms with van der Waals surface area (Å²) in [6.45, 7) is 5.21. The fourth-order valence-corrected chi connectivity index (χ4v) is 4.86. The molecule has 3 heterocycles. The molecule has 144 valence electrons. The summed E-state index contributed by atoms with van der Waals surface area (Å²) in [5, 5.41) is 0. The molecule has 2 aliphatic rings. The summed E-state index contributed by atoms with van der Waals surface area (Å²) >= 11 is 0. The molecule has 0 saturated carbocycles. The maximum absolute atomic E-state index is 13.8. The largest absolute Gasteiger partial charge is 0.376 e. The average molecular weight is 391 g/mol. The minimum Gasteiger partial charge on any atom is -0.376 e. The second-order valence-electron chi connectivity index (χ2n) is 7.56. The second kappa shape index (κ2) is 6.61. The fraction of sp³-hybridized carbons (Fsp3) is 0.474. The Balaban J connectivity index is 1.58. The van der Waals surface area contributed by atoms with E-state index in [0.717, 1.165) is 48.4 Å². The number of hydrogen-bond donors (Lipinski definition) is 0. The third kappa shape index (κ3) is 3.49. The first-order valence-electron chi connectivity index (χ1n) is 8.88. The zero-order valence-corrected chi connectivity index (χ0v) is 16.2. The Morgan fingerprint density at radius 1 is 1.37 bits per heavy atom. The van der Waals surface area contributed by atoms with E-state index in [4.69, 9.17) is 9.72 Å². The molecule has 4 rings (SSSR count). The van der Waals surface area contributed by atoms with Gasteiger partial charge in [0.2, 0.25) is 0 Å². The van der Waals surface area contributed by atoms with Gasteiger partial charge < -0.3 is 4.74 Å². The number of nitrogens with zero attached hydrogens (tertiary/aromatic N) is 3. The quantitative estimate of drug-likeness (QED) is 0.797. The van der Waals surface area contributed by atoms with Crippen molar-refractivity contribution in [3.05, 3.63) is 52.9 Å². The van der Waals surface area contributed by atoms with Crippen LogP contribution in [-0.4, -0.2) is 49.2 Å². The van der Waals surface area contributed by atoms with Crippen LogP contribution in [0.5, 0.6) is 0 Å². The summed E-state index contributed by atoms with van der Waals surface area (Å²) in [7, 11) is -3.59. The summed E-state index contributed by atoms with van der Waals surface area (Å²) in [6.07, 6.45) is 3.79. The van der Waals surface area contributed by atoms with Crippen molar-refractivity contribution in [2.24, 2.45) is 0 Å². The molecule has 27 heavy (non-hydrogen) atoms. The van der Waals surface area contributed by atoms with Crippen LogP contribution in [0.3, 0.4) is 0 Å². The topological polar surface area (TPSA) is 72.4 Å². The number of rotatable bonds is 3. The van der Waals surface area contributed by atoms with Crippen LogP contribution in [0.2, 0.25) is 0 Å². The van der Waals surface area contributed by atoms with E-state index in [1.165, 1.54) is 12.1 Å². The molecule has 0 amide bonds. The Kier molecular flexibility index (Phi) is 4.52. The molecule has 1 saturated heterocycles. The minimum absolute atomic E-state index is 0.166. The van der Waals surface area contributed by atoms with Gasteiger partial charge in [-0.3, -0.25) is 4.90 Å². The summed E-state index contributed by atoms with van der Waals surface area (Å²) in [4.78, 5) is 11.0. The zero-order valence-electron chi connectivity index (χ0n) is 15.4. The Labute approximate surface area is 158 Å². The summed E-state index contributed by atoms with van der Waals surface area (Å²) in [5.74, 6) is 0.0470. The molecule has 2 aliphatic heterocycles. The standard InChI is InChI=1S/C19H22FN3O3S/c1-13-21-8-15-10-26-12-19(18(15)22-13)5-6-23(11-19)9-14-3-4-16(20)17(7-14)27(2,24)25/h3-4,7-8H,5-6,9-12H2,1-2H3. The van der Waals surface area contributed by atoms with E-state index in [0.29, 0.717) is 19.8 Å². The lowest BCUT2D eigenvalue weighted by Gasteiger charge is -2.34. The van der Waals surface area contributed by atoms with Crippen molar-refractivity contribution < 1.29 is 17.5 Å². The Bertz CT molecular complexity index is 996. The number of likely N-dealkylation sites (tertiary alicyclic amines) is 1. The number of fused-ring (bicyclic) bond motifs is 2. The SMILES string of the molecule is Cc1ncc2c(n1)C1(CCN(Cc3ccc(F)c(S(C)(=O)=O)c3)C1)COC2. The number of aryl methyl sites for hydroxylation is 1. The highest BCUT2D eigenvalue weighted by atomic mass is 32.2. The minimum atomic E-state index is -3.59. The van der Waals surface area contributed by atoms with Crippen molar-refractivity contribution >= 4 is 9.84 Å². The van der Waals surface area contributed by atoms with E-state index in [-0.39, 0.29) is 10.3 Å². The number of sulfone groups is 1. The van der Waals surface area contributed by atoms with Gasteiger partial charge in [-0.15, -0.1) is 0 Å². The summed E-state index contributed by atoms with van der Waals surface area (Å²) in [5.41, 5.74) is 2.72. The first kappa shape index (κ1) is 18.5. The number of ether oxygens (including phenoxy) is 1. The highest BCUT2D eigenvalue weighted by molar-refractivity contribution is 7.90. The van der Waals surface area contributed by atoms with Crippen LogP contribution >= 0.6 is 0 Å². The molecule has 1 spiro atoms. The molecule has 0 aliphatic carbocycles. The van der Waals surface area contributed by atoms with Crippen molar-refractivity contribution in [2.45, 2.75) is 36.8 Å². The Morgan fingerprint density at radius 3 is 2.96 bits per heavy atom. The zero-order chi connectivity index (χ0) is 19.2. The maximum atomic E-state index is 13.8. The molecule has 1 atom stereocenters. The molecule has 1 unspecified atom stereocenters. The lowest BCUT2D eigenvalue weighted by Crippen LogP contribution is -2.40. The van der Waals surface area contributed by atoms with Gasteiger partial charge in [0.05, 0.1) is 24.3 Å². The van der Waals surface area contributed by atoms with Crippen LogP contribution in [0.1, 0.15) is 29.1 Å².